The van der Waals surface area contributed by atoms with E-state index < -0.39 is 0 Å². The van der Waals surface area contributed by atoms with Crippen molar-refractivity contribution in [3.05, 3.63) is 11.8 Å². The molecule has 2 heteroatoms. The second kappa shape index (κ2) is 2.31. The van der Waals surface area contributed by atoms with Crippen molar-refractivity contribution < 1.29 is 0 Å². The largest absolute Gasteiger partial charge is 0.249 e. The molecule has 0 N–H and O–H groups in total. The van der Waals surface area contributed by atoms with Crippen molar-refractivity contribution in [3.63, 3.8) is 0 Å². The van der Waals surface area contributed by atoms with Crippen LogP contribution in [-0.4, -0.2) is 5.17 Å². The molecule has 1 aliphatic heterocycles. The topological polar surface area (TPSA) is 12.4 Å². The maximum atomic E-state index is 5.59. The van der Waals surface area contributed by atoms with Gasteiger partial charge >= 0.3 is 0 Å². The van der Waals surface area contributed by atoms with E-state index in [-0.39, 0.29) is 0 Å². The molecule has 8 heavy (non-hydrogen) atoms. The van der Waals surface area contributed by atoms with Crippen molar-refractivity contribution in [2.45, 2.75) is 19.8 Å². The predicted molar refractivity (Wildman–Crippen MR) is 36.3 cm³/mol. The Kier molecular flexibility index (Phi) is 1.69. The lowest BCUT2D eigenvalue weighted by Gasteiger charge is -2.02. The molecule has 0 radical (unpaired) electrons. The fourth-order valence-electron chi connectivity index (χ4n) is 0.610. The monoisotopic (exact) mass is 129 g/mol. The third kappa shape index (κ3) is 1.34. The number of hydrogen-bond donors (Lipinski definition) is 0. The highest BCUT2D eigenvalue weighted by Crippen LogP contribution is 2.12. The minimum absolute atomic E-state index is 0.732. The lowest BCUT2D eigenvalue weighted by Crippen LogP contribution is -1.92. The van der Waals surface area contributed by atoms with Crippen molar-refractivity contribution in [2.24, 2.45) is 4.99 Å². The van der Waals surface area contributed by atoms with E-state index in [4.69, 9.17) is 11.6 Å². The summed E-state index contributed by atoms with van der Waals surface area (Å²) in [5.74, 6) is 0. The molecule has 0 saturated carbocycles. The van der Waals surface area contributed by atoms with Crippen molar-refractivity contribution in [2.75, 3.05) is 0 Å². The van der Waals surface area contributed by atoms with E-state index in [2.05, 4.69) is 11.9 Å². The summed E-state index contributed by atoms with van der Waals surface area (Å²) in [4.78, 5) is 3.93. The Hall–Kier alpha value is -0.300. The van der Waals surface area contributed by atoms with Crippen molar-refractivity contribution in [1.29, 1.82) is 0 Å². The van der Waals surface area contributed by atoms with Crippen LogP contribution in [0.25, 0.3) is 0 Å². The van der Waals surface area contributed by atoms with Crippen LogP contribution in [0.15, 0.2) is 16.8 Å². The lowest BCUT2D eigenvalue weighted by molar-refractivity contribution is 0.988. The fourth-order valence-corrected chi connectivity index (χ4v) is 0.753. The van der Waals surface area contributed by atoms with Crippen LogP contribution in [0, 0.1) is 0 Å². The summed E-state index contributed by atoms with van der Waals surface area (Å²) in [5.41, 5.74) is 1.31. The standard InChI is InChI=1S/C6H8ClN/c1-5-2-3-6(7)8-4-5/h4H,2-3H2,1H3. The van der Waals surface area contributed by atoms with Gasteiger partial charge in [0.25, 0.3) is 0 Å². The second-order valence-electron chi connectivity index (χ2n) is 1.98. The van der Waals surface area contributed by atoms with Crippen LogP contribution >= 0.6 is 11.6 Å². The molecule has 1 heterocycles. The van der Waals surface area contributed by atoms with Gasteiger partial charge in [0.2, 0.25) is 0 Å². The van der Waals surface area contributed by atoms with Gasteiger partial charge in [0.1, 0.15) is 5.17 Å². The van der Waals surface area contributed by atoms with Crippen LogP contribution in [-0.2, 0) is 0 Å². The van der Waals surface area contributed by atoms with Crippen molar-refractivity contribution in [1.82, 2.24) is 0 Å². The van der Waals surface area contributed by atoms with Gasteiger partial charge in [-0.15, -0.1) is 0 Å². The van der Waals surface area contributed by atoms with Crippen LogP contribution in [0.1, 0.15) is 19.8 Å². The molecule has 44 valence electrons. The highest BCUT2D eigenvalue weighted by Gasteiger charge is 1.99. The molecule has 0 aromatic carbocycles. The molecule has 0 fully saturated rings. The summed E-state index contributed by atoms with van der Waals surface area (Å²) in [6.07, 6.45) is 3.82. The minimum atomic E-state index is 0.732. The molecule has 1 nitrogen and oxygen atoms in total. The molecule has 0 saturated heterocycles. The number of halogens is 1. The van der Waals surface area contributed by atoms with Gasteiger partial charge in [0, 0.05) is 12.6 Å². The van der Waals surface area contributed by atoms with E-state index in [9.17, 15) is 0 Å². The van der Waals surface area contributed by atoms with Gasteiger partial charge in [-0.25, -0.2) is 4.99 Å². The Morgan fingerprint density at radius 1 is 1.62 bits per heavy atom. The van der Waals surface area contributed by atoms with Crippen LogP contribution in [0.2, 0.25) is 0 Å². The number of hydrogen-bond acceptors (Lipinski definition) is 1. The quantitative estimate of drug-likeness (QED) is 0.476. The average molecular weight is 130 g/mol. The minimum Gasteiger partial charge on any atom is -0.249 e. The number of aliphatic imine (C=N–C) groups is 1. The molecular formula is C6H8ClN. The Morgan fingerprint density at radius 2 is 2.38 bits per heavy atom. The van der Waals surface area contributed by atoms with E-state index in [1.165, 1.54) is 5.57 Å². The van der Waals surface area contributed by atoms with Gasteiger partial charge in [0.15, 0.2) is 0 Å². The predicted octanol–water partition coefficient (Wildman–Crippen LogP) is 2.32. The van der Waals surface area contributed by atoms with Gasteiger partial charge in [-0.05, 0) is 13.3 Å². The second-order valence-corrected chi connectivity index (χ2v) is 2.42. The van der Waals surface area contributed by atoms with Crippen LogP contribution in [0.5, 0.6) is 0 Å². The number of rotatable bonds is 0. The molecule has 0 aromatic heterocycles. The summed E-state index contributed by atoms with van der Waals surface area (Å²) in [5, 5.41) is 0.732. The van der Waals surface area contributed by atoms with E-state index in [1.807, 2.05) is 6.20 Å². The molecule has 0 spiro atoms. The van der Waals surface area contributed by atoms with E-state index in [1.54, 1.807) is 0 Å². The maximum Gasteiger partial charge on any atom is 0.106 e. The summed E-state index contributed by atoms with van der Waals surface area (Å²) in [7, 11) is 0. The Balaban J connectivity index is 2.65. The molecule has 1 aliphatic rings. The molecule has 0 aromatic rings. The Labute approximate surface area is 54.1 Å². The summed E-state index contributed by atoms with van der Waals surface area (Å²) < 4.78 is 0. The van der Waals surface area contributed by atoms with Gasteiger partial charge < -0.3 is 0 Å². The first-order valence-electron chi connectivity index (χ1n) is 2.67. The van der Waals surface area contributed by atoms with E-state index in [0.29, 0.717) is 0 Å². The summed E-state index contributed by atoms with van der Waals surface area (Å²) >= 11 is 5.59. The Bertz CT molecular complexity index is 129. The van der Waals surface area contributed by atoms with E-state index >= 15 is 0 Å². The van der Waals surface area contributed by atoms with Crippen LogP contribution in [0.3, 0.4) is 0 Å². The molecule has 0 aliphatic carbocycles. The summed E-state index contributed by atoms with van der Waals surface area (Å²) in [6, 6.07) is 0. The normalized spacial score (nSPS) is 19.8. The molecular weight excluding hydrogens is 122 g/mol. The average Bonchev–Trinajstić information content (AvgIpc) is 1.77. The molecule has 1 rings (SSSR count). The highest BCUT2D eigenvalue weighted by molar-refractivity contribution is 6.65. The first kappa shape index (κ1) is 5.83. The fraction of sp³-hybridized carbons (Fsp3) is 0.500. The van der Waals surface area contributed by atoms with Crippen LogP contribution < -0.4 is 0 Å². The molecule has 0 amide bonds. The zero-order chi connectivity index (χ0) is 5.98. The number of nitrogens with zero attached hydrogens (tertiary/aromatic N) is 1. The van der Waals surface area contributed by atoms with Crippen LogP contribution in [0.4, 0.5) is 0 Å². The first-order valence-corrected chi connectivity index (χ1v) is 3.04. The molecule has 0 bridgehead atoms. The van der Waals surface area contributed by atoms with Crippen molar-refractivity contribution in [3.8, 4) is 0 Å². The lowest BCUT2D eigenvalue weighted by atomic mass is 10.2. The highest BCUT2D eigenvalue weighted by atomic mass is 35.5. The maximum absolute atomic E-state index is 5.59. The summed E-state index contributed by atoms with van der Waals surface area (Å²) in [6.45, 7) is 2.06. The first-order chi connectivity index (χ1) is 3.79. The molecule has 0 unspecified atom stereocenters. The SMILES string of the molecule is CC1=CN=C(Cl)CC1. The zero-order valence-corrected chi connectivity index (χ0v) is 5.57. The number of allylic oxidation sites excluding steroid dienone is 1. The van der Waals surface area contributed by atoms with Gasteiger partial charge in [-0.2, -0.15) is 0 Å². The zero-order valence-electron chi connectivity index (χ0n) is 4.82. The smallest absolute Gasteiger partial charge is 0.106 e. The Morgan fingerprint density at radius 3 is 2.75 bits per heavy atom. The third-order valence-corrected chi connectivity index (χ3v) is 1.44. The van der Waals surface area contributed by atoms with Gasteiger partial charge in [0.05, 0.1) is 0 Å². The van der Waals surface area contributed by atoms with Gasteiger partial charge in [-0.1, -0.05) is 17.2 Å². The third-order valence-electron chi connectivity index (χ3n) is 1.15. The van der Waals surface area contributed by atoms with Crippen molar-refractivity contribution >= 4 is 16.8 Å². The van der Waals surface area contributed by atoms with Gasteiger partial charge in [-0.3, -0.25) is 0 Å². The van der Waals surface area contributed by atoms with E-state index in [0.717, 1.165) is 18.0 Å². The molecule has 0 atom stereocenters.